The van der Waals surface area contributed by atoms with E-state index in [1.165, 1.54) is 0 Å². The van der Waals surface area contributed by atoms with Gasteiger partial charge in [-0.25, -0.2) is 0 Å². The first kappa shape index (κ1) is 13.5. The third-order valence-corrected chi connectivity index (χ3v) is 1.68. The van der Waals surface area contributed by atoms with Crippen LogP contribution < -0.4 is 5.32 Å². The number of carbonyl (C=O) groups excluding carboxylic acids is 2. The Morgan fingerprint density at radius 2 is 2.00 bits per heavy atom. The number of rotatable bonds is 6. The molecule has 3 nitrogen and oxygen atoms in total. The molecule has 0 atom stereocenters. The molecule has 80 valence electrons. The van der Waals surface area contributed by atoms with Crippen LogP contribution in [0.5, 0.6) is 0 Å². The van der Waals surface area contributed by atoms with Crippen molar-refractivity contribution in [2.75, 3.05) is 6.54 Å². The van der Waals surface area contributed by atoms with E-state index in [-0.39, 0.29) is 22.6 Å². The van der Waals surface area contributed by atoms with E-state index < -0.39 is 0 Å². The molecule has 1 N–H and O–H groups in total. The second kappa shape index (κ2) is 7.83. The van der Waals surface area contributed by atoms with Crippen molar-refractivity contribution in [1.82, 2.24) is 5.32 Å². The fraction of sp³-hybridized carbons (Fsp3) is 0.556. The third-order valence-electron chi connectivity index (χ3n) is 1.46. The van der Waals surface area contributed by atoms with E-state index in [2.05, 4.69) is 5.32 Å². The summed E-state index contributed by atoms with van der Waals surface area (Å²) in [5.41, 5.74) is 0. The van der Waals surface area contributed by atoms with Crippen LogP contribution in [-0.2, 0) is 9.59 Å². The smallest absolute Gasteiger partial charge is 0.227 e. The number of hydrogen-bond donors (Lipinski definition) is 1. The van der Waals surface area contributed by atoms with Gasteiger partial charge in [0.1, 0.15) is 4.49 Å². The summed E-state index contributed by atoms with van der Waals surface area (Å²) in [7, 11) is 0. The Kier molecular flexibility index (Phi) is 7.52. The van der Waals surface area contributed by atoms with Gasteiger partial charge in [0.25, 0.3) is 0 Å². The van der Waals surface area contributed by atoms with Crippen molar-refractivity contribution in [1.29, 1.82) is 0 Å². The Morgan fingerprint density at radius 1 is 1.36 bits per heavy atom. The van der Waals surface area contributed by atoms with E-state index in [4.69, 9.17) is 23.2 Å². The van der Waals surface area contributed by atoms with Crippen LogP contribution in [0, 0.1) is 0 Å². The van der Waals surface area contributed by atoms with E-state index in [0.29, 0.717) is 6.54 Å². The van der Waals surface area contributed by atoms with Crippen LogP contribution in [0.15, 0.2) is 10.6 Å². The highest BCUT2D eigenvalue weighted by Crippen LogP contribution is 2.06. The fourth-order valence-corrected chi connectivity index (χ4v) is 1.04. The molecule has 5 heteroatoms. The van der Waals surface area contributed by atoms with Crippen LogP contribution in [0.1, 0.15) is 26.2 Å². The number of unbranched alkanes of at least 4 members (excludes halogenated alkanes) is 1. The van der Waals surface area contributed by atoms with Crippen LogP contribution in [0.3, 0.4) is 0 Å². The summed E-state index contributed by atoms with van der Waals surface area (Å²) >= 11 is 10.5. The molecule has 0 spiro atoms. The first-order valence-electron chi connectivity index (χ1n) is 4.38. The van der Waals surface area contributed by atoms with E-state index in [1.807, 2.05) is 6.92 Å². The largest absolute Gasteiger partial charge is 0.356 e. The van der Waals surface area contributed by atoms with Gasteiger partial charge in [0.05, 0.1) is 6.42 Å². The Balaban J connectivity index is 3.72. The summed E-state index contributed by atoms with van der Waals surface area (Å²) in [6.07, 6.45) is 2.74. The van der Waals surface area contributed by atoms with Crippen molar-refractivity contribution in [3.05, 3.63) is 10.6 Å². The van der Waals surface area contributed by atoms with Crippen LogP contribution in [0.2, 0.25) is 0 Å². The molecule has 0 heterocycles. The molecule has 0 aromatic carbocycles. The monoisotopic (exact) mass is 237 g/mol. The number of amides is 1. The molecule has 0 aromatic rings. The van der Waals surface area contributed by atoms with Gasteiger partial charge in [-0.2, -0.15) is 0 Å². The Bertz CT molecular complexity index is 235. The van der Waals surface area contributed by atoms with Crippen molar-refractivity contribution in [3.63, 3.8) is 0 Å². The van der Waals surface area contributed by atoms with Gasteiger partial charge in [-0.05, 0) is 6.42 Å². The summed E-state index contributed by atoms with van der Waals surface area (Å²) in [5, 5.41) is 2.61. The number of carbonyl (C=O) groups is 2. The molecule has 0 saturated carbocycles. The Hall–Kier alpha value is -0.540. The summed E-state index contributed by atoms with van der Waals surface area (Å²) in [6.45, 7) is 2.62. The van der Waals surface area contributed by atoms with Gasteiger partial charge in [-0.1, -0.05) is 36.5 Å². The summed E-state index contributed by atoms with van der Waals surface area (Å²) < 4.78 is -0.128. The van der Waals surface area contributed by atoms with Crippen molar-refractivity contribution in [2.24, 2.45) is 0 Å². The second-order valence-electron chi connectivity index (χ2n) is 2.78. The zero-order chi connectivity index (χ0) is 11.0. The zero-order valence-electron chi connectivity index (χ0n) is 7.98. The molecule has 0 unspecified atom stereocenters. The third kappa shape index (κ3) is 8.08. The van der Waals surface area contributed by atoms with Gasteiger partial charge in [0.15, 0.2) is 5.78 Å². The van der Waals surface area contributed by atoms with E-state index in [0.717, 1.165) is 18.9 Å². The molecule has 0 rings (SSSR count). The van der Waals surface area contributed by atoms with Crippen LogP contribution in [0.25, 0.3) is 0 Å². The van der Waals surface area contributed by atoms with Gasteiger partial charge in [0.2, 0.25) is 5.91 Å². The highest BCUT2D eigenvalue weighted by Gasteiger charge is 2.06. The molecule has 0 aliphatic heterocycles. The van der Waals surface area contributed by atoms with E-state index in [9.17, 15) is 9.59 Å². The molecule has 0 aromatic heterocycles. The minimum Gasteiger partial charge on any atom is -0.356 e. The standard InChI is InChI=1S/C9H13Cl2NO2/c1-2-3-4-12-9(14)6-7(13)5-8(10)11/h5H,2-4,6H2,1H3,(H,12,14). The minimum absolute atomic E-state index is 0.128. The van der Waals surface area contributed by atoms with E-state index in [1.54, 1.807) is 0 Å². The van der Waals surface area contributed by atoms with Crippen molar-refractivity contribution in [2.45, 2.75) is 26.2 Å². The van der Waals surface area contributed by atoms with Gasteiger partial charge in [0, 0.05) is 12.6 Å². The van der Waals surface area contributed by atoms with Gasteiger partial charge >= 0.3 is 0 Å². The highest BCUT2D eigenvalue weighted by molar-refractivity contribution is 6.56. The first-order valence-corrected chi connectivity index (χ1v) is 5.14. The summed E-state index contributed by atoms with van der Waals surface area (Å²) in [5.74, 6) is -0.687. The van der Waals surface area contributed by atoms with Crippen LogP contribution >= 0.6 is 23.2 Å². The maximum Gasteiger partial charge on any atom is 0.227 e. The van der Waals surface area contributed by atoms with Gasteiger partial charge in [-0.3, -0.25) is 9.59 Å². The zero-order valence-corrected chi connectivity index (χ0v) is 9.49. The lowest BCUT2D eigenvalue weighted by Gasteiger charge is -2.01. The molecule has 0 fully saturated rings. The number of halogens is 2. The highest BCUT2D eigenvalue weighted by atomic mass is 35.5. The number of allylic oxidation sites excluding steroid dienone is 1. The SMILES string of the molecule is CCCCNC(=O)CC(=O)C=C(Cl)Cl. The second-order valence-corrected chi connectivity index (χ2v) is 3.79. The Labute approximate surface area is 93.4 Å². The number of nitrogens with one attached hydrogen (secondary N) is 1. The van der Waals surface area contributed by atoms with Crippen LogP contribution in [0.4, 0.5) is 0 Å². The lowest BCUT2D eigenvalue weighted by molar-refractivity contribution is -0.126. The first-order chi connectivity index (χ1) is 6.56. The molecule has 0 bridgehead atoms. The topological polar surface area (TPSA) is 46.2 Å². The maximum atomic E-state index is 11.1. The summed E-state index contributed by atoms with van der Waals surface area (Å²) in [4.78, 5) is 22.1. The molecule has 0 aliphatic carbocycles. The minimum atomic E-state index is -0.390. The molecule has 14 heavy (non-hydrogen) atoms. The number of ketones is 1. The predicted octanol–water partition coefficient (Wildman–Crippen LogP) is 2.18. The van der Waals surface area contributed by atoms with E-state index >= 15 is 0 Å². The average molecular weight is 238 g/mol. The average Bonchev–Trinajstić information content (AvgIpc) is 2.02. The van der Waals surface area contributed by atoms with Crippen LogP contribution in [-0.4, -0.2) is 18.2 Å². The normalized spacial score (nSPS) is 9.36. The quantitative estimate of drug-likeness (QED) is 0.438. The van der Waals surface area contributed by atoms with Crippen molar-refractivity contribution >= 4 is 34.9 Å². The molecule has 0 radical (unpaired) electrons. The lowest BCUT2D eigenvalue weighted by Crippen LogP contribution is -2.26. The number of hydrogen-bond acceptors (Lipinski definition) is 2. The predicted molar refractivity (Wildman–Crippen MR) is 57.3 cm³/mol. The molecule has 0 saturated heterocycles. The lowest BCUT2D eigenvalue weighted by atomic mass is 10.2. The van der Waals surface area contributed by atoms with Crippen molar-refractivity contribution < 1.29 is 9.59 Å². The van der Waals surface area contributed by atoms with Gasteiger partial charge in [-0.15, -0.1) is 0 Å². The van der Waals surface area contributed by atoms with Crippen molar-refractivity contribution in [3.8, 4) is 0 Å². The molecule has 0 aliphatic rings. The molecular formula is C9H13Cl2NO2. The summed E-state index contributed by atoms with van der Waals surface area (Å²) in [6, 6.07) is 0. The molecule has 1 amide bonds. The Morgan fingerprint density at radius 3 is 2.50 bits per heavy atom. The maximum absolute atomic E-state index is 11.1. The molecular weight excluding hydrogens is 225 g/mol. The fourth-order valence-electron chi connectivity index (χ4n) is 0.798. The van der Waals surface area contributed by atoms with Gasteiger partial charge < -0.3 is 5.32 Å².